The van der Waals surface area contributed by atoms with E-state index < -0.39 is 22.2 Å². The number of methoxy groups -OCH3 is 1. The number of nitro benzene ring substituents is 1. The van der Waals surface area contributed by atoms with Crippen LogP contribution in [0, 0.1) is 10.1 Å². The number of benzene rings is 2. The molecule has 3 aromatic rings. The molecule has 9 heteroatoms. The first-order valence-electron chi connectivity index (χ1n) is 11.0. The van der Waals surface area contributed by atoms with Gasteiger partial charge in [-0.15, -0.1) is 0 Å². The lowest BCUT2D eigenvalue weighted by Gasteiger charge is -2.32. The van der Waals surface area contributed by atoms with Crippen molar-refractivity contribution in [3.8, 4) is 16.9 Å². The molecule has 0 bridgehead atoms. The Hall–Kier alpha value is -3.59. The van der Waals surface area contributed by atoms with Crippen molar-refractivity contribution >= 4 is 23.4 Å². The highest BCUT2D eigenvalue weighted by Gasteiger charge is 2.40. The highest BCUT2D eigenvalue weighted by molar-refractivity contribution is 7.99. The zero-order valence-corrected chi connectivity index (χ0v) is 19.2. The molecule has 1 saturated carbocycles. The van der Waals surface area contributed by atoms with Crippen LogP contribution in [0.4, 0.5) is 5.69 Å². The smallest absolute Gasteiger partial charge is 0.326 e. The molecule has 1 N–H and O–H groups in total. The first-order chi connectivity index (χ1) is 16.4. The first-order valence-corrected chi connectivity index (χ1v) is 11.8. The maximum atomic E-state index is 13.6. The third kappa shape index (κ3) is 3.86. The second-order valence-electron chi connectivity index (χ2n) is 8.51. The molecule has 1 aliphatic heterocycles. The van der Waals surface area contributed by atoms with Crippen LogP contribution in [0.1, 0.15) is 47.6 Å². The summed E-state index contributed by atoms with van der Waals surface area (Å²) in [5.74, 6) is -0.221. The maximum absolute atomic E-state index is 13.6. The summed E-state index contributed by atoms with van der Waals surface area (Å²) in [4.78, 5) is 37.2. The molecule has 8 nitrogen and oxygen atoms in total. The predicted octanol–water partition coefficient (Wildman–Crippen LogP) is 5.17. The molecular weight excluding hydrogens is 456 g/mol. The van der Waals surface area contributed by atoms with Gasteiger partial charge in [-0.05, 0) is 54.5 Å². The van der Waals surface area contributed by atoms with Gasteiger partial charge in [-0.2, -0.15) is 0 Å². The van der Waals surface area contributed by atoms with Crippen LogP contribution < -0.4 is 10.3 Å². The average molecular weight is 479 g/mol. The molecule has 0 amide bonds. The van der Waals surface area contributed by atoms with Crippen LogP contribution in [-0.4, -0.2) is 27.7 Å². The normalized spacial score (nSPS) is 19.3. The number of hydrogen-bond donors (Lipinski definition) is 1. The molecule has 0 saturated heterocycles. The van der Waals surface area contributed by atoms with Gasteiger partial charge < -0.3 is 9.84 Å². The Morgan fingerprint density at radius 2 is 1.85 bits per heavy atom. The lowest BCUT2D eigenvalue weighted by atomic mass is 9.99. The summed E-state index contributed by atoms with van der Waals surface area (Å²) in [6.45, 7) is 0. The number of hydrogen-bond acceptors (Lipinski definition) is 6. The van der Waals surface area contributed by atoms with Crippen molar-refractivity contribution in [3.05, 3.63) is 86.2 Å². The van der Waals surface area contributed by atoms with Crippen LogP contribution in [0.15, 0.2) is 64.4 Å². The largest absolute Gasteiger partial charge is 0.497 e. The second kappa shape index (κ2) is 8.64. The van der Waals surface area contributed by atoms with Crippen molar-refractivity contribution in [2.45, 2.75) is 41.5 Å². The molecule has 2 heterocycles. The van der Waals surface area contributed by atoms with Gasteiger partial charge in [0.15, 0.2) is 0 Å². The van der Waals surface area contributed by atoms with Gasteiger partial charge in [0, 0.05) is 22.4 Å². The summed E-state index contributed by atoms with van der Waals surface area (Å²) in [6.07, 6.45) is 2.00. The standard InChI is InChI=1S/C25H22N2O6S/c1-33-16-10-8-14(9-11-16)18-12-19(15-6-7-15)24-26(23(18)28)21(25(29)30)13-22(34-24)17-4-2-3-5-20(17)27(31)32/h2-5,8-12,15,21-22H,6-7,13H2,1H3,(H,29,30). The monoisotopic (exact) mass is 478 g/mol. The number of nitrogens with zero attached hydrogens (tertiary/aromatic N) is 2. The number of fused-ring (bicyclic) bond motifs is 1. The second-order valence-corrected chi connectivity index (χ2v) is 9.70. The van der Waals surface area contributed by atoms with Crippen molar-refractivity contribution in [2.75, 3.05) is 7.11 Å². The van der Waals surface area contributed by atoms with E-state index in [1.165, 1.54) is 22.4 Å². The van der Waals surface area contributed by atoms with Gasteiger partial charge >= 0.3 is 5.97 Å². The van der Waals surface area contributed by atoms with E-state index in [0.717, 1.165) is 18.4 Å². The summed E-state index contributed by atoms with van der Waals surface area (Å²) in [5.41, 5.74) is 2.14. The molecule has 34 heavy (non-hydrogen) atoms. The molecule has 1 aromatic heterocycles. The van der Waals surface area contributed by atoms with E-state index in [-0.39, 0.29) is 23.6 Å². The molecule has 2 aromatic carbocycles. The summed E-state index contributed by atoms with van der Waals surface area (Å²) in [5, 5.41) is 21.9. The van der Waals surface area contributed by atoms with Gasteiger partial charge in [-0.3, -0.25) is 19.5 Å². The molecule has 1 fully saturated rings. The molecule has 1 aliphatic carbocycles. The van der Waals surface area contributed by atoms with E-state index in [2.05, 4.69) is 0 Å². The van der Waals surface area contributed by atoms with Gasteiger partial charge in [0.25, 0.3) is 11.2 Å². The maximum Gasteiger partial charge on any atom is 0.326 e. The highest BCUT2D eigenvalue weighted by Crippen LogP contribution is 2.53. The van der Waals surface area contributed by atoms with Crippen LogP contribution in [0.3, 0.4) is 0 Å². The van der Waals surface area contributed by atoms with Crippen LogP contribution in [0.2, 0.25) is 0 Å². The minimum absolute atomic E-state index is 0.0391. The SMILES string of the molecule is COc1ccc(-c2cc(C3CC3)c3n(c2=O)C(C(=O)O)CC(c2ccccc2[N+](=O)[O-])S3)cc1. The number of thioether (sulfide) groups is 1. The Morgan fingerprint density at radius 3 is 2.47 bits per heavy atom. The summed E-state index contributed by atoms with van der Waals surface area (Å²) in [7, 11) is 1.57. The number of ether oxygens (including phenoxy) is 1. The van der Waals surface area contributed by atoms with Gasteiger partial charge in [-0.25, -0.2) is 4.79 Å². The van der Waals surface area contributed by atoms with Crippen molar-refractivity contribution in [2.24, 2.45) is 0 Å². The fourth-order valence-corrected chi connectivity index (χ4v) is 6.09. The fraction of sp³-hybridized carbons (Fsp3) is 0.280. The van der Waals surface area contributed by atoms with Crippen LogP contribution in [-0.2, 0) is 4.79 Å². The lowest BCUT2D eigenvalue weighted by molar-refractivity contribution is -0.385. The van der Waals surface area contributed by atoms with Crippen LogP contribution in [0.5, 0.6) is 5.75 Å². The Kier molecular flexibility index (Phi) is 5.65. The molecule has 0 radical (unpaired) electrons. The van der Waals surface area contributed by atoms with Crippen molar-refractivity contribution < 1.29 is 19.6 Å². The minimum atomic E-state index is -1.12. The van der Waals surface area contributed by atoms with Gasteiger partial charge in [0.2, 0.25) is 0 Å². The third-order valence-corrected chi connectivity index (χ3v) is 7.79. The molecule has 5 rings (SSSR count). The zero-order chi connectivity index (χ0) is 24.0. The quantitative estimate of drug-likeness (QED) is 0.384. The Labute approximate surface area is 199 Å². The number of carbonyl (C=O) groups is 1. The topological polar surface area (TPSA) is 112 Å². The van der Waals surface area contributed by atoms with Crippen LogP contribution >= 0.6 is 11.8 Å². The summed E-state index contributed by atoms with van der Waals surface area (Å²) < 4.78 is 6.61. The van der Waals surface area contributed by atoms with Gasteiger partial charge in [0.05, 0.1) is 17.1 Å². The Bertz CT molecular complexity index is 1350. The van der Waals surface area contributed by atoms with E-state index in [1.807, 2.05) is 6.07 Å². The number of pyridine rings is 1. The molecule has 2 atom stereocenters. The molecule has 0 spiro atoms. The molecule has 2 aliphatic rings. The number of rotatable bonds is 6. The number of para-hydroxylation sites is 1. The number of aliphatic carboxylic acids is 1. The molecule has 174 valence electrons. The number of carboxylic acids is 1. The first kappa shape index (κ1) is 22.2. The minimum Gasteiger partial charge on any atom is -0.497 e. The van der Waals surface area contributed by atoms with E-state index in [4.69, 9.17) is 4.74 Å². The molecular formula is C25H22N2O6S. The Balaban J connectivity index is 1.68. The fourth-order valence-electron chi connectivity index (χ4n) is 4.53. The van der Waals surface area contributed by atoms with Gasteiger partial charge in [-0.1, -0.05) is 42.1 Å². The molecule has 2 unspecified atom stereocenters. The van der Waals surface area contributed by atoms with E-state index in [9.17, 15) is 24.8 Å². The summed E-state index contributed by atoms with van der Waals surface area (Å²) in [6, 6.07) is 14.3. The van der Waals surface area contributed by atoms with Crippen molar-refractivity contribution in [3.63, 3.8) is 0 Å². The van der Waals surface area contributed by atoms with Crippen molar-refractivity contribution in [1.29, 1.82) is 0 Å². The van der Waals surface area contributed by atoms with Crippen molar-refractivity contribution in [1.82, 2.24) is 4.57 Å². The highest BCUT2D eigenvalue weighted by atomic mass is 32.2. The van der Waals surface area contributed by atoms with E-state index in [0.29, 0.717) is 27.5 Å². The lowest BCUT2D eigenvalue weighted by Crippen LogP contribution is -2.36. The van der Waals surface area contributed by atoms with E-state index >= 15 is 0 Å². The number of aromatic nitrogens is 1. The summed E-state index contributed by atoms with van der Waals surface area (Å²) >= 11 is 1.36. The zero-order valence-electron chi connectivity index (χ0n) is 18.3. The third-order valence-electron chi connectivity index (χ3n) is 6.40. The number of carboxylic acid groups (broad SMARTS) is 1. The average Bonchev–Trinajstić information content (AvgIpc) is 3.69. The van der Waals surface area contributed by atoms with E-state index in [1.54, 1.807) is 49.6 Å². The predicted molar refractivity (Wildman–Crippen MR) is 128 cm³/mol. The van der Waals surface area contributed by atoms with Crippen LogP contribution in [0.25, 0.3) is 11.1 Å². The Morgan fingerprint density at radius 1 is 1.15 bits per heavy atom. The van der Waals surface area contributed by atoms with Gasteiger partial charge in [0.1, 0.15) is 11.8 Å². The number of nitro groups is 1.